The molecule has 0 spiro atoms. The molecule has 4 rings (SSSR count). The van der Waals surface area contributed by atoms with E-state index in [-0.39, 0.29) is 33.3 Å². The van der Waals surface area contributed by atoms with Crippen LogP contribution >= 0.6 is 30.7 Å². The van der Waals surface area contributed by atoms with E-state index in [2.05, 4.69) is 4.74 Å². The Morgan fingerprint density at radius 3 is 2.26 bits per heavy atom. The van der Waals surface area contributed by atoms with Crippen LogP contribution < -0.4 is 4.74 Å². The molecule has 0 amide bonds. The number of thiophene rings is 1. The van der Waals surface area contributed by atoms with E-state index in [0.29, 0.717) is 37.4 Å². The van der Waals surface area contributed by atoms with Crippen molar-refractivity contribution in [3.63, 3.8) is 0 Å². The van der Waals surface area contributed by atoms with E-state index in [1.54, 1.807) is 13.8 Å². The van der Waals surface area contributed by atoms with Crippen LogP contribution in [0, 0.1) is 35.0 Å². The van der Waals surface area contributed by atoms with Gasteiger partial charge in [0.2, 0.25) is 41.6 Å². The van der Waals surface area contributed by atoms with Crippen LogP contribution in [0.1, 0.15) is 48.3 Å². The fourth-order valence-electron chi connectivity index (χ4n) is 4.32. The van der Waals surface area contributed by atoms with E-state index in [1.807, 2.05) is 0 Å². The minimum atomic E-state index is -5.58. The molecule has 1 atom stereocenters. The predicted molar refractivity (Wildman–Crippen MR) is 165 cm³/mol. The highest BCUT2D eigenvalue weighted by molar-refractivity contribution is 8.13. The number of hydrogen-bond donors (Lipinski definition) is 0. The second-order valence-corrected chi connectivity index (χ2v) is 15.2. The van der Waals surface area contributed by atoms with Gasteiger partial charge < -0.3 is 23.5 Å². The van der Waals surface area contributed by atoms with Crippen molar-refractivity contribution in [1.82, 2.24) is 0 Å². The zero-order valence-electron chi connectivity index (χ0n) is 26.1. The van der Waals surface area contributed by atoms with Crippen LogP contribution in [0.5, 0.6) is 5.75 Å². The van der Waals surface area contributed by atoms with Crippen molar-refractivity contribution >= 4 is 58.0 Å². The summed E-state index contributed by atoms with van der Waals surface area (Å²) < 4.78 is 144. The first kappa shape index (κ1) is 39.6. The summed E-state index contributed by atoms with van der Waals surface area (Å²) in [6, 6.07) is 3.57. The molecule has 0 saturated carbocycles. The number of carbonyl (C=O) groups is 3. The van der Waals surface area contributed by atoms with Crippen molar-refractivity contribution in [3.8, 4) is 5.75 Å². The van der Waals surface area contributed by atoms with E-state index >= 15 is 8.78 Å². The normalized spacial score (nSPS) is 15.2. The molecule has 1 unspecified atom stereocenters. The monoisotopic (exact) mass is 776 g/mol. The Hall–Kier alpha value is -3.22. The lowest BCUT2D eigenvalue weighted by Crippen LogP contribution is -2.27. The van der Waals surface area contributed by atoms with Crippen LogP contribution in [0.2, 0.25) is 0 Å². The highest BCUT2D eigenvalue weighted by Gasteiger charge is 2.55. The SMILES string of the molecule is CC(C)CC(=O)SCCOP(=O)(OCOC(=O)OC1CCOCC1)C(F)(F)c1ccc2sc(C(=O)Oc3c(F)c(F)c(F)c(F)c3F)cc2c1. The van der Waals surface area contributed by atoms with Gasteiger partial charge in [0.25, 0.3) is 0 Å². The lowest BCUT2D eigenvalue weighted by Gasteiger charge is -2.27. The molecule has 1 fully saturated rings. The maximum atomic E-state index is 16.0. The summed E-state index contributed by atoms with van der Waals surface area (Å²) in [7, 11) is -5.58. The molecule has 274 valence electrons. The Bertz CT molecular complexity index is 1750. The number of benzene rings is 2. The van der Waals surface area contributed by atoms with Crippen molar-refractivity contribution in [3.05, 3.63) is 63.8 Å². The number of hydrogen-bond acceptors (Lipinski definition) is 12. The Labute approximate surface area is 288 Å². The van der Waals surface area contributed by atoms with Gasteiger partial charge in [0.15, 0.2) is 5.12 Å². The van der Waals surface area contributed by atoms with Crippen LogP contribution in [0.4, 0.5) is 35.5 Å². The number of rotatable bonds is 14. The van der Waals surface area contributed by atoms with Crippen LogP contribution in [0.25, 0.3) is 10.1 Å². The summed E-state index contributed by atoms with van der Waals surface area (Å²) in [5, 5.41) is -0.378. The molecule has 2 heterocycles. The van der Waals surface area contributed by atoms with Crippen LogP contribution in [-0.2, 0) is 38.3 Å². The summed E-state index contributed by atoms with van der Waals surface area (Å²) in [6.45, 7) is 2.32. The third-order valence-corrected chi connectivity index (χ3v) is 10.7. The van der Waals surface area contributed by atoms with Crippen LogP contribution in [0.15, 0.2) is 24.3 Å². The molecule has 0 bridgehead atoms. The highest BCUT2D eigenvalue weighted by Crippen LogP contribution is 2.67. The van der Waals surface area contributed by atoms with Gasteiger partial charge in [-0.2, -0.15) is 17.6 Å². The number of thioether (sulfide) groups is 1. The van der Waals surface area contributed by atoms with E-state index in [0.717, 1.165) is 36.0 Å². The van der Waals surface area contributed by atoms with Crippen LogP contribution in [0.3, 0.4) is 0 Å². The first-order valence-electron chi connectivity index (χ1n) is 14.7. The molecule has 50 heavy (non-hydrogen) atoms. The van der Waals surface area contributed by atoms with Gasteiger partial charge in [0.05, 0.1) is 19.8 Å². The largest absolute Gasteiger partial charge is 0.510 e. The molecule has 3 aromatic rings. The molecule has 1 saturated heterocycles. The quantitative estimate of drug-likeness (QED) is 0.0228. The van der Waals surface area contributed by atoms with Gasteiger partial charge in [-0.3, -0.25) is 13.9 Å². The van der Waals surface area contributed by atoms with Gasteiger partial charge in [-0.1, -0.05) is 31.7 Å². The average Bonchev–Trinajstić information content (AvgIpc) is 3.51. The summed E-state index contributed by atoms with van der Waals surface area (Å²) >= 11 is 1.32. The third-order valence-electron chi connectivity index (χ3n) is 6.79. The molecular weight excluding hydrogens is 748 g/mol. The standard InChI is InChI=1S/C30H28F7O10PS2/c1-15(2)11-21(38)49-10-9-44-48(41,45-14-43-29(40)46-18-5-7-42-8-6-18)30(36,37)17-3-4-19-16(12-17)13-20(50-19)28(39)47-27-25(34)23(32)22(31)24(33)26(27)35/h3-4,12-13,15,18H,5-11,14H2,1-2H3. The maximum absolute atomic E-state index is 16.0. The van der Waals surface area contributed by atoms with Gasteiger partial charge in [0.1, 0.15) is 11.0 Å². The molecule has 10 nitrogen and oxygen atoms in total. The van der Waals surface area contributed by atoms with Crippen molar-refractivity contribution in [2.24, 2.45) is 5.92 Å². The van der Waals surface area contributed by atoms with E-state index in [1.165, 1.54) is 0 Å². The summed E-state index contributed by atoms with van der Waals surface area (Å²) in [4.78, 5) is 36.2. The molecule has 1 aromatic heterocycles. The lowest BCUT2D eigenvalue weighted by molar-refractivity contribution is -0.111. The molecule has 20 heteroatoms. The topological polar surface area (TPSA) is 124 Å². The molecule has 2 aromatic carbocycles. The number of halogens is 7. The molecule has 1 aliphatic heterocycles. The fourth-order valence-corrected chi connectivity index (χ4v) is 7.58. The van der Waals surface area contributed by atoms with Crippen LogP contribution in [-0.4, -0.2) is 55.7 Å². The number of fused-ring (bicyclic) bond motifs is 1. The summed E-state index contributed by atoms with van der Waals surface area (Å²) in [5.74, 6) is -15.6. The second-order valence-electron chi connectivity index (χ2n) is 10.9. The van der Waals surface area contributed by atoms with Crippen molar-refractivity contribution < 1.29 is 77.7 Å². The summed E-state index contributed by atoms with van der Waals surface area (Å²) in [5.41, 5.74) is -5.42. The lowest BCUT2D eigenvalue weighted by atomic mass is 10.1. The van der Waals surface area contributed by atoms with Crippen molar-refractivity contribution in [1.29, 1.82) is 0 Å². The predicted octanol–water partition coefficient (Wildman–Crippen LogP) is 8.69. The molecule has 1 aliphatic rings. The van der Waals surface area contributed by atoms with Gasteiger partial charge in [-0.15, -0.1) is 11.3 Å². The van der Waals surface area contributed by atoms with Gasteiger partial charge in [0, 0.05) is 35.3 Å². The number of esters is 1. The van der Waals surface area contributed by atoms with Gasteiger partial charge in [-0.05, 0) is 29.5 Å². The van der Waals surface area contributed by atoms with Gasteiger partial charge in [-0.25, -0.2) is 22.8 Å². The smallest absolute Gasteiger partial charge is 0.431 e. The molecule has 0 N–H and O–H groups in total. The first-order valence-corrected chi connectivity index (χ1v) is 18.0. The second kappa shape index (κ2) is 16.9. The first-order chi connectivity index (χ1) is 23.5. The number of alkyl halides is 2. The zero-order chi connectivity index (χ0) is 36.8. The minimum Gasteiger partial charge on any atom is -0.431 e. The van der Waals surface area contributed by atoms with E-state index in [4.69, 9.17) is 23.3 Å². The van der Waals surface area contributed by atoms with Gasteiger partial charge >= 0.3 is 25.4 Å². The summed E-state index contributed by atoms with van der Waals surface area (Å²) in [6.07, 6.45) is -0.923. The highest BCUT2D eigenvalue weighted by atomic mass is 32.2. The Morgan fingerprint density at radius 1 is 0.980 bits per heavy atom. The zero-order valence-corrected chi connectivity index (χ0v) is 28.6. The minimum absolute atomic E-state index is 0.0263. The third kappa shape index (κ3) is 9.36. The Kier molecular flexibility index (Phi) is 13.3. The van der Waals surface area contributed by atoms with E-state index in [9.17, 15) is 40.9 Å². The fraction of sp³-hybridized carbons (Fsp3) is 0.433. The Balaban J connectivity index is 1.53. The maximum Gasteiger partial charge on any atom is 0.510 e. The van der Waals surface area contributed by atoms with E-state index < -0.39 is 90.2 Å². The molecule has 0 aliphatic carbocycles. The molecular formula is C30H28F7O10PS2. The Morgan fingerprint density at radius 2 is 1.62 bits per heavy atom. The average molecular weight is 777 g/mol. The van der Waals surface area contributed by atoms with Crippen molar-refractivity contribution in [2.45, 2.75) is 44.9 Å². The number of carbonyl (C=O) groups excluding carboxylic acids is 3. The van der Waals surface area contributed by atoms with Crippen molar-refractivity contribution in [2.75, 3.05) is 32.4 Å². The molecule has 0 radical (unpaired) electrons. The number of ether oxygens (including phenoxy) is 4.